The molecular weight excluding hydrogens is 398 g/mol. The van der Waals surface area contributed by atoms with Crippen LogP contribution < -0.4 is 5.32 Å². The Morgan fingerprint density at radius 3 is 2.69 bits per heavy atom. The van der Waals surface area contributed by atoms with E-state index in [1.165, 1.54) is 24.0 Å². The number of fused-ring (bicyclic) bond motifs is 1. The first kappa shape index (κ1) is 20.9. The quantitative estimate of drug-likeness (QED) is 0.607. The third kappa shape index (κ3) is 3.95. The highest BCUT2D eigenvalue weighted by Crippen LogP contribution is 2.44. The molecule has 1 aliphatic heterocycles. The molecule has 0 radical (unpaired) electrons. The molecule has 1 N–H and O–H groups in total. The van der Waals surface area contributed by atoms with Crippen molar-refractivity contribution in [2.75, 3.05) is 25.0 Å². The Kier molecular flexibility index (Phi) is 5.34. The number of aromatic nitrogens is 4. The molecule has 1 aliphatic carbocycles. The Morgan fingerprint density at radius 1 is 1.19 bits per heavy atom. The maximum Gasteiger partial charge on any atom is 0.227 e. The molecule has 32 heavy (non-hydrogen) atoms. The summed E-state index contributed by atoms with van der Waals surface area (Å²) >= 11 is 0. The van der Waals surface area contributed by atoms with E-state index in [9.17, 15) is 0 Å². The number of anilines is 2. The minimum absolute atomic E-state index is 0.171. The Bertz CT molecular complexity index is 1180. The van der Waals surface area contributed by atoms with Crippen molar-refractivity contribution in [3.63, 3.8) is 0 Å². The van der Waals surface area contributed by atoms with E-state index in [4.69, 9.17) is 10.2 Å². The van der Waals surface area contributed by atoms with E-state index in [-0.39, 0.29) is 5.54 Å². The van der Waals surface area contributed by atoms with Gasteiger partial charge in [-0.3, -0.25) is 4.68 Å². The first-order chi connectivity index (χ1) is 15.5. The average Bonchev–Trinajstić information content (AvgIpc) is 3.44. The number of piperidine rings is 1. The van der Waals surface area contributed by atoms with E-state index >= 15 is 0 Å². The van der Waals surface area contributed by atoms with Crippen molar-refractivity contribution in [3.05, 3.63) is 41.3 Å². The fourth-order valence-electron chi connectivity index (χ4n) is 4.97. The van der Waals surface area contributed by atoms with Crippen LogP contribution in [0.3, 0.4) is 0 Å². The number of nitrogens with zero attached hydrogens (tertiary/aromatic N) is 6. The van der Waals surface area contributed by atoms with Crippen LogP contribution in [0.15, 0.2) is 24.5 Å². The van der Waals surface area contributed by atoms with Gasteiger partial charge < -0.3 is 10.2 Å². The first-order valence-corrected chi connectivity index (χ1v) is 11.7. The third-order valence-corrected chi connectivity index (χ3v) is 7.28. The van der Waals surface area contributed by atoms with E-state index in [0.29, 0.717) is 18.3 Å². The van der Waals surface area contributed by atoms with Crippen molar-refractivity contribution in [1.29, 1.82) is 5.26 Å². The molecule has 2 fully saturated rings. The molecule has 2 aromatic heterocycles. The molecule has 0 spiro atoms. The Labute approximate surface area is 189 Å². The van der Waals surface area contributed by atoms with Gasteiger partial charge in [0.15, 0.2) is 0 Å². The van der Waals surface area contributed by atoms with E-state index in [1.807, 2.05) is 12.4 Å². The van der Waals surface area contributed by atoms with E-state index in [1.54, 1.807) is 0 Å². The van der Waals surface area contributed by atoms with E-state index < -0.39 is 0 Å². The smallest absolute Gasteiger partial charge is 0.227 e. The van der Waals surface area contributed by atoms with Crippen molar-refractivity contribution < 1.29 is 0 Å². The van der Waals surface area contributed by atoms with Gasteiger partial charge in [0, 0.05) is 24.5 Å². The standard InChI is InChI=1S/C25H31N7/c1-17-13-20-15-27-24(30-23-16-28-32(18(23)2)25(3)7-8-25)29-22(20)14-21(17)19-5-11-31(12-6-19)10-4-9-26/h13-16,19H,4-8,10-12H2,1-3H3,(H,27,29,30). The van der Waals surface area contributed by atoms with Gasteiger partial charge in [-0.15, -0.1) is 0 Å². The third-order valence-electron chi connectivity index (χ3n) is 7.28. The van der Waals surface area contributed by atoms with Crippen molar-refractivity contribution in [2.45, 2.75) is 64.3 Å². The van der Waals surface area contributed by atoms with Gasteiger partial charge in [0.1, 0.15) is 0 Å². The van der Waals surface area contributed by atoms with Gasteiger partial charge in [-0.05, 0) is 88.7 Å². The number of nitrogens with one attached hydrogen (secondary N) is 1. The molecule has 1 aromatic carbocycles. The highest BCUT2D eigenvalue weighted by Gasteiger charge is 2.41. The SMILES string of the molecule is Cc1cc2cnc(Nc3cnn(C4(C)CC4)c3C)nc2cc1C1CCN(CCC#N)CC1. The summed E-state index contributed by atoms with van der Waals surface area (Å²) in [5, 5.41) is 17.9. The number of rotatable bonds is 6. The van der Waals surface area contributed by atoms with E-state index in [0.717, 1.165) is 54.8 Å². The second kappa shape index (κ2) is 8.18. The summed E-state index contributed by atoms with van der Waals surface area (Å²) in [6, 6.07) is 6.73. The topological polar surface area (TPSA) is 82.7 Å². The number of nitriles is 1. The van der Waals surface area contributed by atoms with Crippen molar-refractivity contribution >= 4 is 22.5 Å². The van der Waals surface area contributed by atoms with Crippen LogP contribution in [0.1, 0.15) is 61.8 Å². The highest BCUT2D eigenvalue weighted by atomic mass is 15.4. The maximum atomic E-state index is 8.84. The maximum absolute atomic E-state index is 8.84. The molecule has 5 rings (SSSR count). The monoisotopic (exact) mass is 429 g/mol. The molecule has 166 valence electrons. The molecule has 0 amide bonds. The Balaban J connectivity index is 1.36. The lowest BCUT2D eigenvalue weighted by Crippen LogP contribution is -2.33. The summed E-state index contributed by atoms with van der Waals surface area (Å²) in [5.41, 5.74) is 5.95. The van der Waals surface area contributed by atoms with Crippen molar-refractivity contribution in [2.24, 2.45) is 0 Å². The van der Waals surface area contributed by atoms with Gasteiger partial charge in [-0.25, -0.2) is 9.97 Å². The zero-order valence-electron chi connectivity index (χ0n) is 19.2. The largest absolute Gasteiger partial charge is 0.321 e. The van der Waals surface area contributed by atoms with Crippen molar-refractivity contribution in [1.82, 2.24) is 24.6 Å². The summed E-state index contributed by atoms with van der Waals surface area (Å²) in [6.07, 6.45) is 9.03. The number of hydrogen-bond acceptors (Lipinski definition) is 6. The zero-order valence-corrected chi connectivity index (χ0v) is 19.2. The van der Waals surface area contributed by atoms with Crippen LogP contribution in [0.4, 0.5) is 11.6 Å². The number of likely N-dealkylation sites (tertiary alicyclic amines) is 1. The predicted octanol–water partition coefficient (Wildman–Crippen LogP) is 4.79. The molecule has 3 heterocycles. The van der Waals surface area contributed by atoms with Crippen molar-refractivity contribution in [3.8, 4) is 6.07 Å². The Hall–Kier alpha value is -2.98. The molecule has 3 aromatic rings. The van der Waals surface area contributed by atoms with E-state index in [2.05, 4.69) is 64.0 Å². The first-order valence-electron chi connectivity index (χ1n) is 11.7. The molecule has 7 nitrogen and oxygen atoms in total. The zero-order chi connectivity index (χ0) is 22.3. The predicted molar refractivity (Wildman–Crippen MR) is 126 cm³/mol. The van der Waals surface area contributed by atoms with Gasteiger partial charge in [-0.1, -0.05) is 0 Å². The molecule has 0 atom stereocenters. The molecule has 1 saturated carbocycles. The summed E-state index contributed by atoms with van der Waals surface area (Å²) in [5.74, 6) is 1.16. The number of aryl methyl sites for hydroxylation is 1. The molecule has 0 unspecified atom stereocenters. The van der Waals surface area contributed by atoms with Crippen LogP contribution in [-0.4, -0.2) is 44.3 Å². The summed E-state index contributed by atoms with van der Waals surface area (Å²) in [4.78, 5) is 11.8. The number of benzene rings is 1. The Morgan fingerprint density at radius 2 is 1.97 bits per heavy atom. The molecule has 0 bridgehead atoms. The highest BCUT2D eigenvalue weighted by molar-refractivity contribution is 5.81. The van der Waals surface area contributed by atoms with Crippen LogP contribution in [0.5, 0.6) is 0 Å². The summed E-state index contributed by atoms with van der Waals surface area (Å²) in [6.45, 7) is 9.55. The second-order valence-electron chi connectivity index (χ2n) is 9.66. The lowest BCUT2D eigenvalue weighted by atomic mass is 9.86. The van der Waals surface area contributed by atoms with Gasteiger partial charge >= 0.3 is 0 Å². The minimum Gasteiger partial charge on any atom is -0.321 e. The molecule has 1 saturated heterocycles. The van der Waals surface area contributed by atoms with Gasteiger partial charge in [0.25, 0.3) is 0 Å². The fourth-order valence-corrected chi connectivity index (χ4v) is 4.97. The molecule has 2 aliphatic rings. The minimum atomic E-state index is 0.171. The van der Waals surface area contributed by atoms with Crippen LogP contribution in [0.2, 0.25) is 0 Å². The average molecular weight is 430 g/mol. The summed E-state index contributed by atoms with van der Waals surface area (Å²) in [7, 11) is 0. The molecule has 7 heteroatoms. The van der Waals surface area contributed by atoms with Crippen LogP contribution in [0, 0.1) is 25.2 Å². The van der Waals surface area contributed by atoms with Gasteiger partial charge in [0.2, 0.25) is 5.95 Å². The lowest BCUT2D eigenvalue weighted by molar-refractivity contribution is 0.216. The molecular formula is C25H31N7. The fraction of sp³-hybridized carbons (Fsp3) is 0.520. The van der Waals surface area contributed by atoms with Gasteiger partial charge in [0.05, 0.1) is 34.7 Å². The normalized spacial score (nSPS) is 18.6. The van der Waals surface area contributed by atoms with Gasteiger partial charge in [-0.2, -0.15) is 10.4 Å². The van der Waals surface area contributed by atoms with Crippen LogP contribution in [0.25, 0.3) is 10.9 Å². The number of hydrogen-bond donors (Lipinski definition) is 1. The lowest BCUT2D eigenvalue weighted by Gasteiger charge is -2.32. The second-order valence-corrected chi connectivity index (χ2v) is 9.66. The summed E-state index contributed by atoms with van der Waals surface area (Å²) < 4.78 is 2.13. The van der Waals surface area contributed by atoms with Crippen LogP contribution in [-0.2, 0) is 5.54 Å². The van der Waals surface area contributed by atoms with Crippen LogP contribution >= 0.6 is 0 Å².